The van der Waals surface area contributed by atoms with Gasteiger partial charge in [-0.15, -0.1) is 0 Å². The molecule has 3 heterocycles. The van der Waals surface area contributed by atoms with Gasteiger partial charge in [-0.25, -0.2) is 0 Å². The largest absolute Gasteiger partial charge is 0.378 e. The lowest BCUT2D eigenvalue weighted by molar-refractivity contribution is -0.0797. The number of nitrogens with one attached hydrogen (secondary N) is 1. The molecule has 2 bridgehead atoms. The Balaban J connectivity index is 1.53. The van der Waals surface area contributed by atoms with Crippen LogP contribution in [0, 0.1) is 0 Å². The van der Waals surface area contributed by atoms with Gasteiger partial charge in [0.1, 0.15) is 0 Å². The van der Waals surface area contributed by atoms with Gasteiger partial charge >= 0.3 is 0 Å². The minimum atomic E-state index is -0.0569. The number of ether oxygens (including phenoxy) is 1. The lowest BCUT2D eigenvalue weighted by atomic mass is 9.89. The number of nitrogens with zero attached hydrogens (tertiary/aromatic N) is 3. The molecule has 0 unspecified atom stereocenters. The number of morpholine rings is 1. The van der Waals surface area contributed by atoms with Crippen LogP contribution >= 0.6 is 0 Å². The van der Waals surface area contributed by atoms with Gasteiger partial charge in [0.2, 0.25) is 0 Å². The van der Waals surface area contributed by atoms with Crippen LogP contribution in [0.1, 0.15) is 56.6 Å². The van der Waals surface area contributed by atoms with Crippen LogP contribution in [0.5, 0.6) is 0 Å². The number of carbonyl (C=O) groups excluding carboxylic acids is 1. The van der Waals surface area contributed by atoms with Gasteiger partial charge in [-0.1, -0.05) is 25.1 Å². The van der Waals surface area contributed by atoms with Crippen LogP contribution in [0.25, 0.3) is 10.9 Å². The summed E-state index contributed by atoms with van der Waals surface area (Å²) in [4.78, 5) is 15.6. The number of fused-ring (bicyclic) bond motifs is 3. The smallest absolute Gasteiger partial charge is 0.272 e. The number of carbonyl (C=O) groups is 1. The fraction of sp³-hybridized carbons (Fsp3) is 0.619. The van der Waals surface area contributed by atoms with Crippen molar-refractivity contribution < 1.29 is 9.53 Å². The van der Waals surface area contributed by atoms with E-state index in [4.69, 9.17) is 4.74 Å². The molecule has 6 nitrogen and oxygen atoms in total. The van der Waals surface area contributed by atoms with Crippen molar-refractivity contribution >= 4 is 16.8 Å². The predicted octanol–water partition coefficient (Wildman–Crippen LogP) is 2.99. The standard InChI is InChI=1S/C21H30N4O2/c1-4-9-24-16-10-15(11-17(24)13-27-12-16)22-21(26)20-18-7-5-6-8-19(18)25(23-20)14(2)3/h5-8,14-17H,4,9-13H2,1-3H3,(H,22,26)/t15-,16-,17+. The van der Waals surface area contributed by atoms with Crippen LogP contribution in [0.15, 0.2) is 24.3 Å². The Morgan fingerprint density at radius 1 is 1.26 bits per heavy atom. The van der Waals surface area contributed by atoms with Gasteiger partial charge in [-0.3, -0.25) is 14.4 Å². The minimum absolute atomic E-state index is 0.0569. The molecule has 2 aromatic rings. The molecule has 6 heteroatoms. The van der Waals surface area contributed by atoms with Gasteiger partial charge < -0.3 is 10.1 Å². The van der Waals surface area contributed by atoms with Crippen LogP contribution in [0.4, 0.5) is 0 Å². The van der Waals surface area contributed by atoms with Gasteiger partial charge in [0.05, 0.1) is 18.7 Å². The zero-order valence-corrected chi connectivity index (χ0v) is 16.5. The van der Waals surface area contributed by atoms with Crippen molar-refractivity contribution in [2.75, 3.05) is 19.8 Å². The zero-order chi connectivity index (χ0) is 19.0. The first-order valence-electron chi connectivity index (χ1n) is 10.2. The third-order valence-electron chi connectivity index (χ3n) is 5.81. The first-order valence-corrected chi connectivity index (χ1v) is 10.2. The van der Waals surface area contributed by atoms with Gasteiger partial charge in [-0.2, -0.15) is 5.10 Å². The van der Waals surface area contributed by atoms with Crippen LogP contribution in [0.2, 0.25) is 0 Å². The Labute approximate surface area is 160 Å². The van der Waals surface area contributed by atoms with E-state index in [9.17, 15) is 4.79 Å². The van der Waals surface area contributed by atoms with E-state index in [-0.39, 0.29) is 18.0 Å². The summed E-state index contributed by atoms with van der Waals surface area (Å²) in [5, 5.41) is 8.84. The van der Waals surface area contributed by atoms with Crippen molar-refractivity contribution in [1.82, 2.24) is 20.0 Å². The fourth-order valence-electron chi connectivity index (χ4n) is 4.64. The number of amides is 1. The third kappa shape index (κ3) is 3.48. The van der Waals surface area contributed by atoms with Crippen LogP contribution in [0.3, 0.4) is 0 Å². The van der Waals surface area contributed by atoms with Gasteiger partial charge in [0.25, 0.3) is 5.91 Å². The lowest BCUT2D eigenvalue weighted by Gasteiger charge is -2.48. The molecule has 4 rings (SSSR count). The van der Waals surface area contributed by atoms with E-state index >= 15 is 0 Å². The summed E-state index contributed by atoms with van der Waals surface area (Å²) in [5.41, 5.74) is 1.55. The highest BCUT2D eigenvalue weighted by atomic mass is 16.5. The second kappa shape index (κ2) is 7.60. The molecule has 1 aromatic carbocycles. The lowest BCUT2D eigenvalue weighted by Crippen LogP contribution is -2.60. The predicted molar refractivity (Wildman–Crippen MR) is 106 cm³/mol. The first kappa shape index (κ1) is 18.4. The summed E-state index contributed by atoms with van der Waals surface area (Å²) in [6.07, 6.45) is 3.05. The molecular weight excluding hydrogens is 340 g/mol. The van der Waals surface area contributed by atoms with Crippen molar-refractivity contribution in [3.63, 3.8) is 0 Å². The van der Waals surface area contributed by atoms with Crippen LogP contribution in [-0.2, 0) is 4.74 Å². The molecule has 1 aromatic heterocycles. The molecule has 2 saturated heterocycles. The molecule has 0 saturated carbocycles. The number of rotatable bonds is 5. The highest BCUT2D eigenvalue weighted by Gasteiger charge is 2.39. The third-order valence-corrected chi connectivity index (χ3v) is 5.81. The summed E-state index contributed by atoms with van der Waals surface area (Å²) in [5.74, 6) is -0.0569. The number of aromatic nitrogens is 2. The highest BCUT2D eigenvalue weighted by Crippen LogP contribution is 2.28. The Morgan fingerprint density at radius 2 is 1.96 bits per heavy atom. The summed E-state index contributed by atoms with van der Waals surface area (Å²) < 4.78 is 7.71. The molecule has 2 fully saturated rings. The summed E-state index contributed by atoms with van der Waals surface area (Å²) >= 11 is 0. The van der Waals surface area contributed by atoms with Crippen molar-refractivity contribution in [3.8, 4) is 0 Å². The van der Waals surface area contributed by atoms with Crippen molar-refractivity contribution in [2.24, 2.45) is 0 Å². The maximum atomic E-state index is 13.1. The molecule has 1 amide bonds. The summed E-state index contributed by atoms with van der Waals surface area (Å²) in [6.45, 7) is 9.06. The van der Waals surface area contributed by atoms with Crippen molar-refractivity contribution in [2.45, 2.75) is 64.2 Å². The molecule has 2 aliphatic heterocycles. The number of benzene rings is 1. The van der Waals surface area contributed by atoms with Crippen molar-refractivity contribution in [1.29, 1.82) is 0 Å². The maximum absolute atomic E-state index is 13.1. The average molecular weight is 370 g/mol. The van der Waals surface area contributed by atoms with Gasteiger partial charge in [0, 0.05) is 29.6 Å². The number of para-hydroxylation sites is 1. The molecule has 1 N–H and O–H groups in total. The summed E-state index contributed by atoms with van der Waals surface area (Å²) in [7, 11) is 0. The first-order chi connectivity index (χ1) is 13.1. The molecule has 3 atom stereocenters. The second-order valence-electron chi connectivity index (χ2n) is 8.13. The van der Waals surface area contributed by atoms with E-state index in [0.29, 0.717) is 17.8 Å². The maximum Gasteiger partial charge on any atom is 0.272 e. The van der Waals surface area contributed by atoms with Crippen LogP contribution < -0.4 is 5.32 Å². The molecule has 0 spiro atoms. The van der Waals surface area contributed by atoms with E-state index in [1.54, 1.807) is 0 Å². The quantitative estimate of drug-likeness (QED) is 0.879. The fourth-order valence-corrected chi connectivity index (χ4v) is 4.64. The molecule has 0 radical (unpaired) electrons. The van der Waals surface area contributed by atoms with E-state index in [1.165, 1.54) is 0 Å². The molecular formula is C21H30N4O2. The Bertz CT molecular complexity index is 802. The monoisotopic (exact) mass is 370 g/mol. The van der Waals surface area contributed by atoms with Crippen molar-refractivity contribution in [3.05, 3.63) is 30.0 Å². The molecule has 2 aliphatic rings. The number of piperidine rings is 1. The Hall–Kier alpha value is -1.92. The zero-order valence-electron chi connectivity index (χ0n) is 16.5. The van der Waals surface area contributed by atoms with E-state index in [2.05, 4.69) is 36.1 Å². The van der Waals surface area contributed by atoms with Gasteiger partial charge in [-0.05, 0) is 45.7 Å². The van der Waals surface area contributed by atoms with E-state index < -0.39 is 0 Å². The summed E-state index contributed by atoms with van der Waals surface area (Å²) in [6, 6.07) is 9.20. The molecule has 0 aliphatic carbocycles. The number of hydrogen-bond donors (Lipinski definition) is 1. The minimum Gasteiger partial charge on any atom is -0.378 e. The second-order valence-corrected chi connectivity index (χ2v) is 8.13. The Morgan fingerprint density at radius 3 is 2.63 bits per heavy atom. The van der Waals surface area contributed by atoms with E-state index in [1.807, 2.05) is 28.9 Å². The molecule has 27 heavy (non-hydrogen) atoms. The van der Waals surface area contributed by atoms with Gasteiger partial charge in [0.15, 0.2) is 5.69 Å². The Kier molecular flexibility index (Phi) is 5.19. The SMILES string of the molecule is CCCN1[C@@H]2COC[C@H]1C[C@@H](NC(=O)c1nn(C(C)C)c3ccccc13)C2. The van der Waals surface area contributed by atoms with E-state index in [0.717, 1.165) is 49.9 Å². The molecule has 146 valence electrons. The highest BCUT2D eigenvalue weighted by molar-refractivity contribution is 6.05. The van der Waals surface area contributed by atoms with Crippen LogP contribution in [-0.4, -0.2) is 58.5 Å². The normalized spacial score (nSPS) is 25.9. The topological polar surface area (TPSA) is 59.4 Å². The number of hydrogen-bond acceptors (Lipinski definition) is 4. The average Bonchev–Trinajstić information content (AvgIpc) is 3.02.